The molecular weight excluding hydrogens is 480 g/mol. The molecule has 152 valence electrons. The van der Waals surface area contributed by atoms with Crippen LogP contribution in [0.25, 0.3) is 0 Å². The number of hydrogen-bond acceptors (Lipinski definition) is 4. The average molecular weight is 498 g/mol. The number of nitrogens with one attached hydrogen (secondary N) is 2. The molecule has 2 fully saturated rings. The maximum Gasteiger partial charge on any atom is 0.321 e. The number of rotatable bonds is 4. The zero-order valence-electron chi connectivity index (χ0n) is 15.3. The fourth-order valence-electron chi connectivity index (χ4n) is 3.49. The highest BCUT2D eigenvalue weighted by molar-refractivity contribution is 9.11. The summed E-state index contributed by atoms with van der Waals surface area (Å²) < 4.78 is 0.879. The van der Waals surface area contributed by atoms with Crippen molar-refractivity contribution in [2.75, 3.05) is 29.4 Å². The minimum Gasteiger partial charge on any atom is -0.346 e. The molecule has 29 heavy (non-hydrogen) atoms. The zero-order valence-corrected chi connectivity index (χ0v) is 18.4. The topological polar surface area (TPSA) is 81.8 Å². The SMILES string of the molecule is O=C(N[C@@H]1CC(=O)N(c2ccc(N3CCCNC3=O)c(Cl)c2)C1)c1ccc(Br)s1. The van der Waals surface area contributed by atoms with E-state index in [-0.39, 0.29) is 30.3 Å². The van der Waals surface area contributed by atoms with Gasteiger partial charge < -0.3 is 15.5 Å². The molecule has 10 heteroatoms. The second-order valence-corrected chi connectivity index (χ2v) is 9.73. The van der Waals surface area contributed by atoms with Crippen LogP contribution in [0.3, 0.4) is 0 Å². The molecule has 4 amide bonds. The van der Waals surface area contributed by atoms with Crippen LogP contribution < -0.4 is 20.4 Å². The summed E-state index contributed by atoms with van der Waals surface area (Å²) in [6, 6.07) is 8.34. The van der Waals surface area contributed by atoms with Gasteiger partial charge in [-0.3, -0.25) is 14.5 Å². The molecule has 2 aliphatic heterocycles. The lowest BCUT2D eigenvalue weighted by Gasteiger charge is -2.28. The molecule has 0 unspecified atom stereocenters. The number of benzene rings is 1. The van der Waals surface area contributed by atoms with Crippen LogP contribution in [0.5, 0.6) is 0 Å². The van der Waals surface area contributed by atoms with Crippen LogP contribution in [0.1, 0.15) is 22.5 Å². The Bertz CT molecular complexity index is 982. The largest absolute Gasteiger partial charge is 0.346 e. The van der Waals surface area contributed by atoms with Crippen molar-refractivity contribution >= 4 is 68.1 Å². The summed E-state index contributed by atoms with van der Waals surface area (Å²) in [5, 5.41) is 6.12. The number of anilines is 2. The Morgan fingerprint density at radius 3 is 2.76 bits per heavy atom. The molecule has 2 N–H and O–H groups in total. The maximum absolute atomic E-state index is 12.5. The van der Waals surface area contributed by atoms with Gasteiger partial charge in [0.2, 0.25) is 5.91 Å². The number of amides is 4. The van der Waals surface area contributed by atoms with Gasteiger partial charge in [-0.15, -0.1) is 11.3 Å². The molecule has 0 aliphatic carbocycles. The Labute approximate surface area is 185 Å². The Kier molecular flexibility index (Phi) is 5.80. The number of thiophene rings is 1. The lowest BCUT2D eigenvalue weighted by molar-refractivity contribution is -0.117. The molecule has 2 aromatic rings. The molecule has 0 spiro atoms. The Hall–Kier alpha value is -2.10. The van der Waals surface area contributed by atoms with E-state index in [0.717, 1.165) is 10.2 Å². The van der Waals surface area contributed by atoms with Crippen molar-refractivity contribution in [3.8, 4) is 0 Å². The normalized spacial score (nSPS) is 19.4. The number of halogens is 2. The van der Waals surface area contributed by atoms with E-state index in [1.165, 1.54) is 11.3 Å². The predicted molar refractivity (Wildman–Crippen MR) is 117 cm³/mol. The maximum atomic E-state index is 12.5. The number of urea groups is 1. The highest BCUT2D eigenvalue weighted by Gasteiger charge is 2.32. The van der Waals surface area contributed by atoms with Gasteiger partial charge in [-0.2, -0.15) is 0 Å². The van der Waals surface area contributed by atoms with Crippen LogP contribution in [0.4, 0.5) is 16.2 Å². The van der Waals surface area contributed by atoms with Crippen LogP contribution in [0, 0.1) is 0 Å². The fraction of sp³-hybridized carbons (Fsp3) is 0.316. The molecule has 1 atom stereocenters. The number of nitrogens with zero attached hydrogens (tertiary/aromatic N) is 2. The molecule has 2 saturated heterocycles. The van der Waals surface area contributed by atoms with Gasteiger partial charge in [0.25, 0.3) is 5.91 Å². The third-order valence-corrected chi connectivity index (χ3v) is 6.80. The first kappa shape index (κ1) is 20.2. The second-order valence-electron chi connectivity index (χ2n) is 6.86. The van der Waals surface area contributed by atoms with Gasteiger partial charge in [0, 0.05) is 31.7 Å². The van der Waals surface area contributed by atoms with E-state index < -0.39 is 0 Å². The monoisotopic (exact) mass is 496 g/mol. The third-order valence-electron chi connectivity index (χ3n) is 4.87. The molecule has 7 nitrogen and oxygen atoms in total. The summed E-state index contributed by atoms with van der Waals surface area (Å²) in [6.07, 6.45) is 1.07. The number of carbonyl (C=O) groups is 3. The molecule has 4 rings (SSSR count). The minimum atomic E-state index is -0.276. The molecule has 0 bridgehead atoms. The Morgan fingerprint density at radius 2 is 2.07 bits per heavy atom. The van der Waals surface area contributed by atoms with Crippen molar-refractivity contribution in [1.82, 2.24) is 10.6 Å². The first-order valence-electron chi connectivity index (χ1n) is 9.14. The van der Waals surface area contributed by atoms with Crippen molar-refractivity contribution in [2.24, 2.45) is 0 Å². The van der Waals surface area contributed by atoms with E-state index in [1.807, 2.05) is 6.07 Å². The van der Waals surface area contributed by atoms with Crippen LogP contribution >= 0.6 is 38.9 Å². The fourth-order valence-corrected chi connectivity index (χ4v) is 5.05. The standard InChI is InChI=1S/C19H18BrClN4O3S/c20-16-5-4-15(29-16)18(27)23-11-8-17(26)25(10-11)12-2-3-14(13(21)9-12)24-7-1-6-22-19(24)28/h2-5,9,11H,1,6-8,10H2,(H,22,28)(H,23,27)/t11-/m1/s1. The molecular formula is C19H18BrClN4O3S. The van der Waals surface area contributed by atoms with Crippen LogP contribution in [-0.2, 0) is 4.79 Å². The molecule has 0 radical (unpaired) electrons. The molecule has 0 saturated carbocycles. The lowest BCUT2D eigenvalue weighted by Crippen LogP contribution is -2.46. The van der Waals surface area contributed by atoms with E-state index >= 15 is 0 Å². The van der Waals surface area contributed by atoms with E-state index in [4.69, 9.17) is 11.6 Å². The van der Waals surface area contributed by atoms with Crippen LogP contribution in [-0.4, -0.2) is 43.5 Å². The van der Waals surface area contributed by atoms with Gasteiger partial charge in [0.1, 0.15) is 0 Å². The summed E-state index contributed by atoms with van der Waals surface area (Å²) in [6.45, 7) is 1.63. The first-order valence-corrected chi connectivity index (χ1v) is 11.1. The van der Waals surface area contributed by atoms with Crippen molar-refractivity contribution < 1.29 is 14.4 Å². The summed E-state index contributed by atoms with van der Waals surface area (Å²) >= 11 is 11.1. The first-order chi connectivity index (χ1) is 13.9. The van der Waals surface area contributed by atoms with E-state index in [2.05, 4.69) is 26.6 Å². The summed E-state index contributed by atoms with van der Waals surface area (Å²) in [4.78, 5) is 40.7. The summed E-state index contributed by atoms with van der Waals surface area (Å²) in [7, 11) is 0. The molecule has 1 aromatic carbocycles. The van der Waals surface area contributed by atoms with Crippen molar-refractivity contribution in [1.29, 1.82) is 0 Å². The number of carbonyl (C=O) groups excluding carboxylic acids is 3. The summed E-state index contributed by atoms with van der Waals surface area (Å²) in [5.41, 5.74) is 1.27. The predicted octanol–water partition coefficient (Wildman–Crippen LogP) is 3.62. The molecule has 3 heterocycles. The quantitative estimate of drug-likeness (QED) is 0.677. The summed E-state index contributed by atoms with van der Waals surface area (Å²) in [5.74, 6) is -0.271. The highest BCUT2D eigenvalue weighted by Crippen LogP contribution is 2.33. The van der Waals surface area contributed by atoms with Gasteiger partial charge >= 0.3 is 6.03 Å². The third kappa shape index (κ3) is 4.26. The van der Waals surface area contributed by atoms with Crippen molar-refractivity contribution in [2.45, 2.75) is 18.9 Å². The highest BCUT2D eigenvalue weighted by atomic mass is 79.9. The van der Waals surface area contributed by atoms with E-state index in [9.17, 15) is 14.4 Å². The molecule has 1 aromatic heterocycles. The Morgan fingerprint density at radius 1 is 1.24 bits per heavy atom. The average Bonchev–Trinajstić information content (AvgIpc) is 3.28. The van der Waals surface area contributed by atoms with Gasteiger partial charge in [-0.25, -0.2) is 4.79 Å². The van der Waals surface area contributed by atoms with Gasteiger partial charge in [0.15, 0.2) is 0 Å². The second kappa shape index (κ2) is 8.33. The smallest absolute Gasteiger partial charge is 0.321 e. The van der Waals surface area contributed by atoms with Crippen molar-refractivity contribution in [3.63, 3.8) is 0 Å². The van der Waals surface area contributed by atoms with Gasteiger partial charge in [-0.1, -0.05) is 11.6 Å². The van der Waals surface area contributed by atoms with E-state index in [0.29, 0.717) is 40.9 Å². The number of hydrogen-bond donors (Lipinski definition) is 2. The zero-order chi connectivity index (χ0) is 20.5. The van der Waals surface area contributed by atoms with Gasteiger partial charge in [0.05, 0.1) is 25.4 Å². The van der Waals surface area contributed by atoms with Crippen LogP contribution in [0.15, 0.2) is 34.1 Å². The minimum absolute atomic E-state index is 0.0813. The van der Waals surface area contributed by atoms with Crippen LogP contribution in [0.2, 0.25) is 5.02 Å². The Balaban J connectivity index is 1.46. The lowest BCUT2D eigenvalue weighted by atomic mass is 10.2. The molecule has 2 aliphatic rings. The van der Waals surface area contributed by atoms with Crippen molar-refractivity contribution in [3.05, 3.63) is 44.0 Å². The van der Waals surface area contributed by atoms with Gasteiger partial charge in [-0.05, 0) is 52.7 Å². The van der Waals surface area contributed by atoms with E-state index in [1.54, 1.807) is 34.1 Å².